The average Bonchev–Trinajstić information content (AvgIpc) is 3.23. The summed E-state index contributed by atoms with van der Waals surface area (Å²) >= 11 is 0. The molecule has 2 N–H and O–H groups in total. The van der Waals surface area contributed by atoms with Gasteiger partial charge in [-0.1, -0.05) is 30.3 Å². The van der Waals surface area contributed by atoms with Gasteiger partial charge in [0.2, 0.25) is 5.91 Å². The summed E-state index contributed by atoms with van der Waals surface area (Å²) in [6, 6.07) is 16.0. The SMILES string of the molecule is COc1ccc(Cn2nc(-c3ncc(OC)c(NC4CCNC(=O)C4)n3)c3ccccc32)cc1. The molecule has 2 aromatic carbocycles. The van der Waals surface area contributed by atoms with E-state index in [2.05, 4.69) is 15.6 Å². The van der Waals surface area contributed by atoms with Gasteiger partial charge in [0.15, 0.2) is 17.4 Å². The number of hydrogen-bond donors (Lipinski definition) is 2. The van der Waals surface area contributed by atoms with Crippen molar-refractivity contribution >= 4 is 22.6 Å². The second kappa shape index (κ2) is 9.38. The molecule has 1 aliphatic heterocycles. The predicted octanol–water partition coefficient (Wildman–Crippen LogP) is 3.25. The fraction of sp³-hybridized carbons (Fsp3) is 0.280. The van der Waals surface area contributed by atoms with Crippen LogP contribution in [0.5, 0.6) is 11.5 Å². The number of fused-ring (bicyclic) bond motifs is 1. The van der Waals surface area contributed by atoms with Crippen molar-refractivity contribution in [3.63, 3.8) is 0 Å². The summed E-state index contributed by atoms with van der Waals surface area (Å²) in [5, 5.41) is 12.1. The fourth-order valence-corrected chi connectivity index (χ4v) is 4.16. The molecule has 2 aromatic heterocycles. The van der Waals surface area contributed by atoms with Crippen LogP contribution in [0.1, 0.15) is 18.4 Å². The lowest BCUT2D eigenvalue weighted by atomic mass is 10.1. The summed E-state index contributed by atoms with van der Waals surface area (Å²) in [7, 11) is 3.24. The number of methoxy groups -OCH3 is 2. The van der Waals surface area contributed by atoms with E-state index in [4.69, 9.17) is 19.6 Å². The van der Waals surface area contributed by atoms with E-state index in [1.165, 1.54) is 0 Å². The number of hydrogen-bond acceptors (Lipinski definition) is 7. The summed E-state index contributed by atoms with van der Waals surface area (Å²) in [5.41, 5.74) is 2.79. The molecule has 0 aliphatic carbocycles. The van der Waals surface area contributed by atoms with E-state index < -0.39 is 0 Å². The van der Waals surface area contributed by atoms with Gasteiger partial charge in [0, 0.05) is 24.4 Å². The van der Waals surface area contributed by atoms with Crippen molar-refractivity contribution in [1.82, 2.24) is 25.1 Å². The Morgan fingerprint density at radius 2 is 1.94 bits per heavy atom. The van der Waals surface area contributed by atoms with Gasteiger partial charge in [0.1, 0.15) is 11.4 Å². The smallest absolute Gasteiger partial charge is 0.222 e. The zero-order valence-electron chi connectivity index (χ0n) is 19.1. The molecule has 1 saturated heterocycles. The third-order valence-corrected chi connectivity index (χ3v) is 5.92. The first-order valence-electron chi connectivity index (χ1n) is 11.2. The number of benzene rings is 2. The number of anilines is 1. The van der Waals surface area contributed by atoms with E-state index in [-0.39, 0.29) is 11.9 Å². The van der Waals surface area contributed by atoms with Gasteiger partial charge in [0.05, 0.1) is 32.5 Å². The van der Waals surface area contributed by atoms with E-state index in [0.29, 0.717) is 42.6 Å². The summed E-state index contributed by atoms with van der Waals surface area (Å²) in [6.07, 6.45) is 2.85. The van der Waals surface area contributed by atoms with Crippen LogP contribution in [-0.2, 0) is 11.3 Å². The maximum Gasteiger partial charge on any atom is 0.222 e. The van der Waals surface area contributed by atoms with Crippen LogP contribution >= 0.6 is 0 Å². The second-order valence-electron chi connectivity index (χ2n) is 8.17. The van der Waals surface area contributed by atoms with Gasteiger partial charge >= 0.3 is 0 Å². The first-order chi connectivity index (χ1) is 16.6. The molecule has 1 unspecified atom stereocenters. The average molecular weight is 459 g/mol. The monoisotopic (exact) mass is 458 g/mol. The number of carbonyl (C=O) groups is 1. The van der Waals surface area contributed by atoms with Gasteiger partial charge < -0.3 is 20.1 Å². The van der Waals surface area contributed by atoms with Crippen molar-refractivity contribution in [1.29, 1.82) is 0 Å². The van der Waals surface area contributed by atoms with Gasteiger partial charge in [-0.2, -0.15) is 5.10 Å². The molecule has 3 heterocycles. The molecule has 4 aromatic rings. The predicted molar refractivity (Wildman–Crippen MR) is 129 cm³/mol. The van der Waals surface area contributed by atoms with Crippen LogP contribution in [0.15, 0.2) is 54.7 Å². The zero-order valence-corrected chi connectivity index (χ0v) is 19.1. The van der Waals surface area contributed by atoms with Crippen LogP contribution in [0, 0.1) is 0 Å². The maximum atomic E-state index is 11.8. The summed E-state index contributed by atoms with van der Waals surface area (Å²) in [4.78, 5) is 21.1. The molecular formula is C25H26N6O3. The van der Waals surface area contributed by atoms with Gasteiger partial charge in [-0.15, -0.1) is 0 Å². The van der Waals surface area contributed by atoms with Crippen LogP contribution in [0.3, 0.4) is 0 Å². The van der Waals surface area contributed by atoms with Crippen LogP contribution < -0.4 is 20.1 Å². The largest absolute Gasteiger partial charge is 0.497 e. The molecule has 9 nitrogen and oxygen atoms in total. The van der Waals surface area contributed by atoms with Crippen molar-refractivity contribution in [2.24, 2.45) is 0 Å². The number of carbonyl (C=O) groups excluding carboxylic acids is 1. The topological polar surface area (TPSA) is 103 Å². The lowest BCUT2D eigenvalue weighted by molar-refractivity contribution is -0.122. The molecule has 1 aliphatic rings. The Balaban J connectivity index is 1.50. The molecule has 0 bridgehead atoms. The standard InChI is InChI=1S/C25H26N6O3/c1-33-18-9-7-16(8-10-18)15-31-20-6-4-3-5-19(20)23(30-31)25-27-14-21(34-2)24(29-25)28-17-11-12-26-22(32)13-17/h3-10,14,17H,11-13,15H2,1-2H3,(H,26,32)(H,27,28,29). The lowest BCUT2D eigenvalue weighted by Gasteiger charge is -2.24. The molecule has 174 valence electrons. The van der Waals surface area contributed by atoms with Crippen molar-refractivity contribution in [3.05, 3.63) is 60.3 Å². The Morgan fingerprint density at radius 1 is 1.12 bits per heavy atom. The minimum atomic E-state index is -0.0187. The number of ether oxygens (including phenoxy) is 2. The van der Waals surface area contributed by atoms with Crippen molar-refractivity contribution in [3.8, 4) is 23.0 Å². The summed E-state index contributed by atoms with van der Waals surface area (Å²) in [6.45, 7) is 1.24. The van der Waals surface area contributed by atoms with E-state index in [1.54, 1.807) is 20.4 Å². The summed E-state index contributed by atoms with van der Waals surface area (Å²) < 4.78 is 12.7. The number of aromatic nitrogens is 4. The van der Waals surface area contributed by atoms with Gasteiger partial charge in [-0.25, -0.2) is 9.97 Å². The normalized spacial score (nSPS) is 15.7. The van der Waals surface area contributed by atoms with Crippen LogP contribution in [0.4, 0.5) is 5.82 Å². The highest BCUT2D eigenvalue weighted by Crippen LogP contribution is 2.30. The minimum absolute atomic E-state index is 0.0187. The van der Waals surface area contributed by atoms with Crippen LogP contribution in [0.2, 0.25) is 0 Å². The van der Waals surface area contributed by atoms with Gasteiger partial charge in [-0.05, 0) is 30.2 Å². The Bertz CT molecular complexity index is 1320. The van der Waals surface area contributed by atoms with Gasteiger partial charge in [-0.3, -0.25) is 9.48 Å². The fourth-order valence-electron chi connectivity index (χ4n) is 4.16. The number of para-hydroxylation sites is 1. The molecule has 1 atom stereocenters. The molecule has 9 heteroatoms. The van der Waals surface area contributed by atoms with E-state index in [9.17, 15) is 4.79 Å². The Morgan fingerprint density at radius 3 is 2.71 bits per heavy atom. The zero-order chi connectivity index (χ0) is 23.5. The van der Waals surface area contributed by atoms with Crippen LogP contribution in [0.25, 0.3) is 22.4 Å². The highest BCUT2D eigenvalue weighted by molar-refractivity contribution is 5.92. The van der Waals surface area contributed by atoms with Crippen molar-refractivity contribution < 1.29 is 14.3 Å². The van der Waals surface area contributed by atoms with Crippen LogP contribution in [-0.4, -0.2) is 52.5 Å². The highest BCUT2D eigenvalue weighted by Gasteiger charge is 2.22. The van der Waals surface area contributed by atoms with E-state index >= 15 is 0 Å². The molecule has 0 spiro atoms. The molecule has 1 amide bonds. The highest BCUT2D eigenvalue weighted by atomic mass is 16.5. The number of nitrogens with zero attached hydrogens (tertiary/aromatic N) is 4. The van der Waals surface area contributed by atoms with E-state index in [1.807, 2.05) is 53.2 Å². The van der Waals surface area contributed by atoms with Gasteiger partial charge in [0.25, 0.3) is 0 Å². The molecule has 34 heavy (non-hydrogen) atoms. The molecule has 0 radical (unpaired) electrons. The maximum absolute atomic E-state index is 11.8. The Kier molecular flexibility index (Phi) is 5.99. The summed E-state index contributed by atoms with van der Waals surface area (Å²) in [5.74, 6) is 2.42. The molecule has 5 rings (SSSR count). The van der Waals surface area contributed by atoms with Crippen molar-refractivity contribution in [2.75, 3.05) is 26.1 Å². The molecular weight excluding hydrogens is 432 g/mol. The van der Waals surface area contributed by atoms with Crippen molar-refractivity contribution in [2.45, 2.75) is 25.4 Å². The second-order valence-corrected chi connectivity index (χ2v) is 8.17. The van der Waals surface area contributed by atoms with E-state index in [0.717, 1.165) is 28.6 Å². The minimum Gasteiger partial charge on any atom is -0.497 e. The number of amides is 1. The molecule has 0 saturated carbocycles. The lowest BCUT2D eigenvalue weighted by Crippen LogP contribution is -2.39. The molecule has 1 fully saturated rings. The first-order valence-corrected chi connectivity index (χ1v) is 11.2. The third kappa shape index (κ3) is 4.36. The Hall–Kier alpha value is -4.14. The first kappa shape index (κ1) is 21.7. The number of piperidine rings is 1. The number of rotatable bonds is 7. The third-order valence-electron chi connectivity index (χ3n) is 5.92. The Labute approximate surface area is 197 Å². The quantitative estimate of drug-likeness (QED) is 0.438. The number of nitrogens with one attached hydrogen (secondary N) is 2.